The van der Waals surface area contributed by atoms with Crippen LogP contribution in [-0.4, -0.2) is 15.8 Å². The molecule has 0 unspecified atom stereocenters. The Labute approximate surface area is 136 Å². The lowest BCUT2D eigenvalue weighted by Crippen LogP contribution is -1.92. The van der Waals surface area contributed by atoms with Gasteiger partial charge in [-0.1, -0.05) is 12.1 Å². The molecular weight excluding hydrogens is 309 g/mol. The Hall–Kier alpha value is -3.41. The molecule has 0 saturated heterocycles. The van der Waals surface area contributed by atoms with Crippen LogP contribution in [0.25, 0.3) is 28.1 Å². The summed E-state index contributed by atoms with van der Waals surface area (Å²) in [7, 11) is 0. The molecule has 118 valence electrons. The lowest BCUT2D eigenvalue weighted by Gasteiger charge is -2.09. The molecule has 1 N–H and O–H groups in total. The van der Waals surface area contributed by atoms with E-state index in [0.717, 1.165) is 5.56 Å². The van der Waals surface area contributed by atoms with Gasteiger partial charge in [-0.25, -0.2) is 9.37 Å². The maximum absolute atomic E-state index is 14.4. The largest absolute Gasteiger partial charge is 0.464 e. The fourth-order valence-electron chi connectivity index (χ4n) is 2.72. The third-order valence-corrected chi connectivity index (χ3v) is 3.75. The van der Waals surface area contributed by atoms with Gasteiger partial charge in [-0.2, -0.15) is 0 Å². The average molecular weight is 321 g/mol. The third-order valence-electron chi connectivity index (χ3n) is 3.75. The summed E-state index contributed by atoms with van der Waals surface area (Å²) in [5.74, 6) is 0.571. The molecule has 3 aromatic heterocycles. The highest BCUT2D eigenvalue weighted by molar-refractivity contribution is 5.82. The molecule has 4 aromatic rings. The summed E-state index contributed by atoms with van der Waals surface area (Å²) in [5.41, 5.74) is 2.61. The summed E-state index contributed by atoms with van der Waals surface area (Å²) in [4.78, 5) is 14.8. The van der Waals surface area contributed by atoms with Crippen LogP contribution in [0.5, 0.6) is 0 Å². The average Bonchev–Trinajstić information content (AvgIpc) is 3.23. The second-order valence-electron chi connectivity index (χ2n) is 5.21. The molecule has 5 nitrogen and oxygen atoms in total. The Morgan fingerprint density at radius 3 is 2.83 bits per heavy atom. The molecule has 6 heteroatoms. The van der Waals surface area contributed by atoms with Crippen LogP contribution < -0.4 is 5.32 Å². The molecule has 1 amide bonds. The first-order valence-electron chi connectivity index (χ1n) is 7.28. The molecule has 0 spiro atoms. The Bertz CT molecular complexity index is 1020. The zero-order valence-corrected chi connectivity index (χ0v) is 12.4. The van der Waals surface area contributed by atoms with E-state index in [2.05, 4.69) is 10.3 Å². The summed E-state index contributed by atoms with van der Waals surface area (Å²) in [6, 6.07) is 12.0. The fraction of sp³-hybridized carbons (Fsp3) is 0. The highest BCUT2D eigenvalue weighted by Gasteiger charge is 2.15. The van der Waals surface area contributed by atoms with Crippen LogP contribution in [0.15, 0.2) is 65.5 Å². The van der Waals surface area contributed by atoms with E-state index in [9.17, 15) is 9.18 Å². The number of hydrogen-bond donors (Lipinski definition) is 1. The quantitative estimate of drug-likeness (QED) is 0.579. The molecule has 0 atom stereocenters. The van der Waals surface area contributed by atoms with Gasteiger partial charge in [-0.15, -0.1) is 0 Å². The van der Waals surface area contributed by atoms with E-state index in [4.69, 9.17) is 4.42 Å². The second-order valence-corrected chi connectivity index (χ2v) is 5.21. The number of pyridine rings is 1. The van der Waals surface area contributed by atoms with E-state index < -0.39 is 0 Å². The van der Waals surface area contributed by atoms with Gasteiger partial charge < -0.3 is 14.1 Å². The van der Waals surface area contributed by atoms with Crippen LogP contribution in [0.1, 0.15) is 0 Å². The summed E-state index contributed by atoms with van der Waals surface area (Å²) in [5, 5.41) is 2.51. The summed E-state index contributed by atoms with van der Waals surface area (Å²) in [6.07, 6.45) is 5.62. The Morgan fingerprint density at radius 2 is 2.04 bits per heavy atom. The number of amides is 1. The highest BCUT2D eigenvalue weighted by atomic mass is 19.1. The smallest absolute Gasteiger partial charge is 0.212 e. The molecule has 0 bridgehead atoms. The Morgan fingerprint density at radius 1 is 1.12 bits per heavy atom. The maximum atomic E-state index is 14.4. The molecule has 0 aliphatic heterocycles. The predicted octanol–water partition coefficient (Wildman–Crippen LogP) is 3.97. The van der Waals surface area contributed by atoms with Crippen LogP contribution in [0.4, 0.5) is 10.2 Å². The first kappa shape index (κ1) is 14.2. The van der Waals surface area contributed by atoms with Crippen molar-refractivity contribution in [1.29, 1.82) is 0 Å². The number of carbonyl (C=O) groups is 1. The Kier molecular flexibility index (Phi) is 3.35. The standard InChI is InChI=1S/C18H12FN3O2/c19-14-4-1-3-13(18(14)15-5-2-8-24-15)12-6-7-17-21-16(20-11-23)10-22(17)9-12/h1-11H,(H,20,23). The summed E-state index contributed by atoms with van der Waals surface area (Å²) < 4.78 is 21.5. The normalized spacial score (nSPS) is 10.9. The maximum Gasteiger partial charge on any atom is 0.212 e. The van der Waals surface area contributed by atoms with Gasteiger partial charge in [0.2, 0.25) is 6.41 Å². The number of rotatable bonds is 4. The number of fused-ring (bicyclic) bond motifs is 1. The van der Waals surface area contributed by atoms with Crippen LogP contribution in [0.2, 0.25) is 0 Å². The van der Waals surface area contributed by atoms with Crippen LogP contribution in [-0.2, 0) is 4.79 Å². The van der Waals surface area contributed by atoms with E-state index in [0.29, 0.717) is 34.8 Å². The number of halogens is 1. The SMILES string of the molecule is O=CNc1cn2cc(-c3cccc(F)c3-c3ccco3)ccc2n1. The van der Waals surface area contributed by atoms with Crippen LogP contribution in [0, 0.1) is 5.82 Å². The molecule has 4 rings (SSSR count). The molecule has 0 saturated carbocycles. The van der Waals surface area contributed by atoms with Crippen molar-refractivity contribution < 1.29 is 13.6 Å². The van der Waals surface area contributed by atoms with Crippen molar-refractivity contribution in [1.82, 2.24) is 9.38 Å². The van der Waals surface area contributed by atoms with Crippen molar-refractivity contribution in [2.75, 3.05) is 5.32 Å². The van der Waals surface area contributed by atoms with Crippen LogP contribution in [0.3, 0.4) is 0 Å². The van der Waals surface area contributed by atoms with Crippen molar-refractivity contribution in [3.8, 4) is 22.5 Å². The van der Waals surface area contributed by atoms with Gasteiger partial charge in [0.15, 0.2) is 5.82 Å². The van der Waals surface area contributed by atoms with Gasteiger partial charge in [0.1, 0.15) is 17.2 Å². The van der Waals surface area contributed by atoms with Crippen molar-refractivity contribution in [3.05, 3.63) is 66.9 Å². The number of carbonyl (C=O) groups excluding carboxylic acids is 1. The number of anilines is 1. The number of aromatic nitrogens is 2. The minimum Gasteiger partial charge on any atom is -0.464 e. The highest BCUT2D eigenvalue weighted by Crippen LogP contribution is 2.34. The molecule has 3 heterocycles. The van der Waals surface area contributed by atoms with E-state index in [-0.39, 0.29) is 5.82 Å². The molecule has 1 aromatic carbocycles. The van der Waals surface area contributed by atoms with Crippen molar-refractivity contribution >= 4 is 17.9 Å². The first-order valence-corrected chi connectivity index (χ1v) is 7.28. The van der Waals surface area contributed by atoms with Gasteiger partial charge in [-0.05, 0) is 41.5 Å². The number of furan rings is 1. The van der Waals surface area contributed by atoms with Crippen LogP contribution >= 0.6 is 0 Å². The summed E-state index contributed by atoms with van der Waals surface area (Å²) >= 11 is 0. The number of hydrogen-bond acceptors (Lipinski definition) is 3. The van der Waals surface area contributed by atoms with Crippen molar-refractivity contribution in [3.63, 3.8) is 0 Å². The molecular formula is C18H12FN3O2. The van der Waals surface area contributed by atoms with Gasteiger partial charge in [0.25, 0.3) is 0 Å². The van der Waals surface area contributed by atoms with E-state index >= 15 is 0 Å². The minimum atomic E-state index is -0.350. The molecule has 0 fully saturated rings. The van der Waals surface area contributed by atoms with E-state index in [1.165, 1.54) is 12.3 Å². The van der Waals surface area contributed by atoms with Crippen molar-refractivity contribution in [2.24, 2.45) is 0 Å². The summed E-state index contributed by atoms with van der Waals surface area (Å²) in [6.45, 7) is 0. The second kappa shape index (κ2) is 5.66. The predicted molar refractivity (Wildman–Crippen MR) is 88.0 cm³/mol. The number of nitrogens with zero attached hydrogens (tertiary/aromatic N) is 2. The third kappa shape index (κ3) is 2.34. The van der Waals surface area contributed by atoms with Gasteiger partial charge in [-0.3, -0.25) is 4.79 Å². The lowest BCUT2D eigenvalue weighted by molar-refractivity contribution is -0.105. The zero-order chi connectivity index (χ0) is 16.5. The number of imidazole rings is 1. The molecule has 0 radical (unpaired) electrons. The van der Waals surface area contributed by atoms with Gasteiger partial charge in [0.05, 0.1) is 18.0 Å². The van der Waals surface area contributed by atoms with Gasteiger partial charge in [0, 0.05) is 6.20 Å². The molecule has 0 aliphatic carbocycles. The Balaban J connectivity index is 1.88. The van der Waals surface area contributed by atoms with Crippen molar-refractivity contribution in [2.45, 2.75) is 0 Å². The number of benzene rings is 1. The molecule has 0 aliphatic rings. The van der Waals surface area contributed by atoms with E-state index in [1.807, 2.05) is 24.4 Å². The van der Waals surface area contributed by atoms with Gasteiger partial charge >= 0.3 is 0 Å². The molecule has 24 heavy (non-hydrogen) atoms. The first-order chi connectivity index (χ1) is 11.8. The minimum absolute atomic E-state index is 0.350. The number of nitrogens with one attached hydrogen (secondary N) is 1. The fourth-order valence-corrected chi connectivity index (χ4v) is 2.72. The zero-order valence-electron chi connectivity index (χ0n) is 12.4. The lowest BCUT2D eigenvalue weighted by atomic mass is 9.99. The van der Waals surface area contributed by atoms with E-state index in [1.54, 1.807) is 28.8 Å². The topological polar surface area (TPSA) is 59.5 Å². The monoisotopic (exact) mass is 321 g/mol.